The van der Waals surface area contributed by atoms with Crippen molar-refractivity contribution in [1.82, 2.24) is 20.3 Å². The fourth-order valence-corrected chi connectivity index (χ4v) is 3.18. The Morgan fingerprint density at radius 3 is 2.25 bits per heavy atom. The number of para-hydroxylation sites is 2. The van der Waals surface area contributed by atoms with Gasteiger partial charge in [-0.05, 0) is 43.3 Å². The van der Waals surface area contributed by atoms with Gasteiger partial charge in [0.25, 0.3) is 5.91 Å². The Morgan fingerprint density at radius 2 is 1.68 bits per heavy atom. The number of nitrogens with one attached hydrogen (secondary N) is 1. The molecule has 0 aliphatic rings. The predicted octanol–water partition coefficient (Wildman–Crippen LogP) is 2.39. The summed E-state index contributed by atoms with van der Waals surface area (Å²) in [6.45, 7) is 3.45. The van der Waals surface area contributed by atoms with Crippen molar-refractivity contribution in [3.05, 3.63) is 70.1 Å². The van der Waals surface area contributed by atoms with Crippen LogP contribution in [-0.4, -0.2) is 26.5 Å². The molecule has 0 radical (unpaired) electrons. The van der Waals surface area contributed by atoms with E-state index in [1.165, 1.54) is 0 Å². The van der Waals surface area contributed by atoms with Crippen LogP contribution in [0.4, 0.5) is 0 Å². The zero-order chi connectivity index (χ0) is 19.7. The fourth-order valence-electron chi connectivity index (χ4n) is 3.18. The number of hydrogen-bond donors (Lipinski definition) is 1. The zero-order valence-electron chi connectivity index (χ0n) is 15.3. The van der Waals surface area contributed by atoms with Crippen molar-refractivity contribution in [3.8, 4) is 0 Å². The molecule has 2 aromatic carbocycles. The van der Waals surface area contributed by atoms with Gasteiger partial charge in [-0.2, -0.15) is 5.10 Å². The number of pyridine rings is 1. The van der Waals surface area contributed by atoms with E-state index in [9.17, 15) is 9.59 Å². The topological polar surface area (TPSA) is 102 Å². The van der Waals surface area contributed by atoms with Gasteiger partial charge in [-0.15, -0.1) is 0 Å². The van der Waals surface area contributed by atoms with Crippen LogP contribution in [0, 0.1) is 6.92 Å². The average Bonchev–Trinajstić information content (AvgIpc) is 3.15. The number of carbonyl (C=O) groups is 1. The number of amides is 1. The highest BCUT2D eigenvalue weighted by atomic mass is 16.6. The Bertz CT molecular complexity index is 1230. The van der Waals surface area contributed by atoms with Gasteiger partial charge in [-0.1, -0.05) is 29.4 Å². The third-order valence-electron chi connectivity index (χ3n) is 4.52. The second-order valence-electron chi connectivity index (χ2n) is 6.38. The van der Waals surface area contributed by atoms with Crippen LogP contribution in [0.15, 0.2) is 63.1 Å². The maximum absolute atomic E-state index is 12.7. The number of fused-ring (bicyclic) bond motifs is 2. The molecule has 140 valence electrons. The molecular weight excluding hydrogens is 358 g/mol. The van der Waals surface area contributed by atoms with Gasteiger partial charge < -0.3 is 4.57 Å². The molecule has 0 bridgehead atoms. The molecule has 0 spiro atoms. The highest BCUT2D eigenvalue weighted by Crippen LogP contribution is 2.18. The largest absolute Gasteiger partial charge is 0.331 e. The first kappa shape index (κ1) is 17.6. The number of carbonyl (C=O) groups excluding carboxylic acids is 1. The van der Waals surface area contributed by atoms with Crippen LogP contribution in [0.1, 0.15) is 18.3 Å². The lowest BCUT2D eigenvalue weighted by atomic mass is 10.1. The number of hydrogen-bond acceptors (Lipinski definition) is 6. The molecule has 0 saturated heterocycles. The number of nitrogens with zero attached hydrogens (tertiary/aromatic N) is 4. The Balaban J connectivity index is 1.71. The van der Waals surface area contributed by atoms with Crippen LogP contribution in [0.5, 0.6) is 0 Å². The van der Waals surface area contributed by atoms with E-state index in [1.54, 1.807) is 26.0 Å². The monoisotopic (exact) mass is 375 g/mol. The van der Waals surface area contributed by atoms with E-state index in [2.05, 4.69) is 25.5 Å². The first-order valence-electron chi connectivity index (χ1n) is 8.69. The van der Waals surface area contributed by atoms with Crippen LogP contribution in [-0.2, 0) is 11.3 Å². The molecule has 4 aromatic rings. The number of benzene rings is 2. The average molecular weight is 375 g/mol. The van der Waals surface area contributed by atoms with Crippen LogP contribution in [0.3, 0.4) is 0 Å². The predicted molar refractivity (Wildman–Crippen MR) is 105 cm³/mol. The number of hydrazone groups is 1. The maximum atomic E-state index is 12.7. The summed E-state index contributed by atoms with van der Waals surface area (Å²) in [7, 11) is 0. The number of aromatic nitrogens is 3. The minimum absolute atomic E-state index is 0.00807. The molecule has 28 heavy (non-hydrogen) atoms. The van der Waals surface area contributed by atoms with Gasteiger partial charge in [-0.25, -0.2) is 10.1 Å². The first-order valence-corrected chi connectivity index (χ1v) is 8.69. The van der Waals surface area contributed by atoms with Gasteiger partial charge >= 0.3 is 0 Å². The Hall–Kier alpha value is -3.81. The van der Waals surface area contributed by atoms with E-state index in [0.29, 0.717) is 38.9 Å². The van der Waals surface area contributed by atoms with Gasteiger partial charge in [0.05, 0.1) is 16.7 Å². The van der Waals surface area contributed by atoms with Gasteiger partial charge in [0, 0.05) is 10.8 Å². The smallest absolute Gasteiger partial charge is 0.260 e. The lowest BCUT2D eigenvalue weighted by Crippen LogP contribution is -2.26. The molecule has 0 atom stereocenters. The van der Waals surface area contributed by atoms with Gasteiger partial charge in [0.1, 0.15) is 12.2 Å². The first-order chi connectivity index (χ1) is 13.6. The summed E-state index contributed by atoms with van der Waals surface area (Å²) in [4.78, 5) is 25.3. The van der Waals surface area contributed by atoms with Crippen LogP contribution >= 0.6 is 0 Å². The molecular formula is C20H17N5O3. The van der Waals surface area contributed by atoms with Crippen LogP contribution in [0.2, 0.25) is 0 Å². The summed E-state index contributed by atoms with van der Waals surface area (Å²) in [5, 5.41) is 12.7. The zero-order valence-corrected chi connectivity index (χ0v) is 15.3. The van der Waals surface area contributed by atoms with E-state index in [0.717, 1.165) is 0 Å². The van der Waals surface area contributed by atoms with Crippen LogP contribution in [0.25, 0.3) is 21.8 Å². The molecule has 0 fully saturated rings. The Labute approximate surface area is 159 Å². The van der Waals surface area contributed by atoms with E-state index < -0.39 is 0 Å². The van der Waals surface area contributed by atoms with Gasteiger partial charge in [0.2, 0.25) is 0 Å². The number of aryl methyl sites for hydroxylation is 1. The second kappa shape index (κ2) is 7.07. The minimum Gasteiger partial charge on any atom is -0.331 e. The standard InChI is InChI=1S/C20H17N5O3/c1-12(19-13(2)23-28-24-19)21-22-18(26)11-25-16-9-5-3-7-14(16)20(27)15-8-4-6-10-17(15)25/h3-10H,11H2,1-2H3,(H,22,26)/b21-12-. The minimum atomic E-state index is -0.326. The molecule has 0 aliphatic heterocycles. The molecule has 1 N–H and O–H groups in total. The summed E-state index contributed by atoms with van der Waals surface area (Å²) < 4.78 is 6.46. The molecule has 2 aromatic heterocycles. The Morgan fingerprint density at radius 1 is 1.07 bits per heavy atom. The molecule has 0 saturated carbocycles. The van der Waals surface area contributed by atoms with Gasteiger partial charge in [0.15, 0.2) is 11.1 Å². The van der Waals surface area contributed by atoms with Crippen molar-refractivity contribution in [3.63, 3.8) is 0 Å². The third-order valence-corrected chi connectivity index (χ3v) is 4.52. The molecule has 0 aliphatic carbocycles. The van der Waals surface area contributed by atoms with Crippen molar-refractivity contribution in [1.29, 1.82) is 0 Å². The third kappa shape index (κ3) is 3.05. The van der Waals surface area contributed by atoms with Crippen molar-refractivity contribution in [2.24, 2.45) is 5.10 Å². The summed E-state index contributed by atoms with van der Waals surface area (Å²) in [5.41, 5.74) is 5.43. The molecule has 2 heterocycles. The maximum Gasteiger partial charge on any atom is 0.260 e. The highest BCUT2D eigenvalue weighted by Gasteiger charge is 2.13. The lowest BCUT2D eigenvalue weighted by Gasteiger charge is -2.14. The van der Waals surface area contributed by atoms with Crippen molar-refractivity contribution < 1.29 is 9.42 Å². The molecule has 0 unspecified atom stereocenters. The SMILES string of the molecule is C/C(=N/NC(=O)Cn1c2ccccc2c(=O)c2ccccc21)c1nonc1C. The molecule has 4 rings (SSSR count). The van der Waals surface area contributed by atoms with Crippen molar-refractivity contribution >= 4 is 33.4 Å². The highest BCUT2D eigenvalue weighted by molar-refractivity contribution is 5.98. The summed E-state index contributed by atoms with van der Waals surface area (Å²) in [5.74, 6) is -0.326. The summed E-state index contributed by atoms with van der Waals surface area (Å²) in [6.07, 6.45) is 0. The van der Waals surface area contributed by atoms with Gasteiger partial charge in [-0.3, -0.25) is 9.59 Å². The lowest BCUT2D eigenvalue weighted by molar-refractivity contribution is -0.121. The van der Waals surface area contributed by atoms with E-state index in [1.807, 2.05) is 41.0 Å². The van der Waals surface area contributed by atoms with Crippen LogP contribution < -0.4 is 10.9 Å². The van der Waals surface area contributed by atoms with E-state index in [-0.39, 0.29) is 17.9 Å². The molecule has 1 amide bonds. The quantitative estimate of drug-likeness (QED) is 0.335. The second-order valence-corrected chi connectivity index (χ2v) is 6.38. The normalized spacial score (nSPS) is 11.9. The summed E-state index contributed by atoms with van der Waals surface area (Å²) >= 11 is 0. The van der Waals surface area contributed by atoms with Crippen molar-refractivity contribution in [2.45, 2.75) is 20.4 Å². The number of rotatable bonds is 4. The van der Waals surface area contributed by atoms with E-state index in [4.69, 9.17) is 0 Å². The summed E-state index contributed by atoms with van der Waals surface area (Å²) in [6, 6.07) is 14.5. The Kier molecular flexibility index (Phi) is 4.44. The fraction of sp³-hybridized carbons (Fsp3) is 0.150. The van der Waals surface area contributed by atoms with E-state index >= 15 is 0 Å². The molecule has 8 heteroatoms. The van der Waals surface area contributed by atoms with Crippen molar-refractivity contribution in [2.75, 3.05) is 0 Å². The molecule has 8 nitrogen and oxygen atoms in total.